The summed E-state index contributed by atoms with van der Waals surface area (Å²) < 4.78 is 1.75. The molecule has 0 radical (unpaired) electrons. The average Bonchev–Trinajstić information content (AvgIpc) is 3.35. The Morgan fingerprint density at radius 3 is 2.55 bits per heavy atom. The van der Waals surface area contributed by atoms with Gasteiger partial charge in [-0.2, -0.15) is 9.61 Å². The van der Waals surface area contributed by atoms with Gasteiger partial charge in [-0.05, 0) is 29.5 Å². The number of anilines is 2. The van der Waals surface area contributed by atoms with Crippen LogP contribution in [0.4, 0.5) is 11.6 Å². The molecule has 8 heteroatoms. The van der Waals surface area contributed by atoms with E-state index < -0.39 is 0 Å². The van der Waals surface area contributed by atoms with Crippen LogP contribution in [0.1, 0.15) is 50.0 Å². The van der Waals surface area contributed by atoms with Crippen molar-refractivity contribution in [1.82, 2.24) is 19.9 Å². The molecule has 1 atom stereocenters. The van der Waals surface area contributed by atoms with Crippen LogP contribution in [0.5, 0.6) is 0 Å². The van der Waals surface area contributed by atoms with Crippen LogP contribution in [-0.2, 0) is 10.2 Å². The van der Waals surface area contributed by atoms with Gasteiger partial charge in [-0.15, -0.1) is 0 Å². The molecule has 0 spiro atoms. The quantitative estimate of drug-likeness (QED) is 0.677. The average molecular weight is 421 g/mol. The summed E-state index contributed by atoms with van der Waals surface area (Å²) in [4.78, 5) is 30.9. The topological polar surface area (TPSA) is 91.6 Å². The summed E-state index contributed by atoms with van der Waals surface area (Å²) >= 11 is 0. The molecule has 1 saturated heterocycles. The van der Waals surface area contributed by atoms with E-state index in [1.54, 1.807) is 16.8 Å². The molecule has 1 aromatic carbocycles. The lowest BCUT2D eigenvalue weighted by atomic mass is 9.87. The molecule has 1 aliphatic heterocycles. The molecule has 2 N–H and O–H groups in total. The molecule has 3 aromatic rings. The minimum atomic E-state index is -0.208. The molecule has 2 amide bonds. The second-order valence-electron chi connectivity index (χ2n) is 9.01. The van der Waals surface area contributed by atoms with E-state index in [0.29, 0.717) is 23.6 Å². The number of fused-ring (bicyclic) bond motifs is 1. The normalized spacial score (nSPS) is 16.5. The lowest BCUT2D eigenvalue weighted by molar-refractivity contribution is -0.119. The van der Waals surface area contributed by atoms with Crippen molar-refractivity contribution in [3.05, 3.63) is 53.7 Å². The minimum absolute atomic E-state index is 0.0311. The van der Waals surface area contributed by atoms with Crippen LogP contribution in [-0.4, -0.2) is 45.5 Å². The molecule has 1 fully saturated rings. The van der Waals surface area contributed by atoms with Gasteiger partial charge in [-0.3, -0.25) is 9.59 Å². The lowest BCUT2D eigenvalue weighted by Gasteiger charge is -2.20. The Hall–Kier alpha value is -3.42. The largest absolute Gasteiger partial charge is 0.354 e. The molecular formula is C23H28N6O2. The SMILES string of the molecule is CC(=O)NC1CCN(c2cc(NC(=O)c3ccc(C(C)(C)C)cc3)nc3ccnn23)C1. The van der Waals surface area contributed by atoms with Crippen LogP contribution >= 0.6 is 0 Å². The zero-order chi connectivity index (χ0) is 22.2. The first-order valence-electron chi connectivity index (χ1n) is 10.5. The molecule has 4 rings (SSSR count). The van der Waals surface area contributed by atoms with Gasteiger partial charge in [-0.25, -0.2) is 4.98 Å². The third-order valence-corrected chi connectivity index (χ3v) is 5.51. The van der Waals surface area contributed by atoms with Crippen molar-refractivity contribution in [3.63, 3.8) is 0 Å². The molecule has 2 aromatic heterocycles. The number of amides is 2. The number of rotatable bonds is 4. The highest BCUT2D eigenvalue weighted by atomic mass is 16.2. The third-order valence-electron chi connectivity index (χ3n) is 5.51. The Morgan fingerprint density at radius 2 is 1.87 bits per heavy atom. The molecule has 1 unspecified atom stereocenters. The van der Waals surface area contributed by atoms with Gasteiger partial charge < -0.3 is 15.5 Å². The summed E-state index contributed by atoms with van der Waals surface area (Å²) in [5.74, 6) is 1.06. The van der Waals surface area contributed by atoms with Crippen LogP contribution in [0.3, 0.4) is 0 Å². The summed E-state index contributed by atoms with van der Waals surface area (Å²) in [5.41, 5.74) is 2.44. The number of carbonyl (C=O) groups excluding carboxylic acids is 2. The van der Waals surface area contributed by atoms with Gasteiger partial charge in [-0.1, -0.05) is 32.9 Å². The van der Waals surface area contributed by atoms with Crippen LogP contribution in [0.25, 0.3) is 5.65 Å². The summed E-state index contributed by atoms with van der Waals surface area (Å²) in [7, 11) is 0. The molecule has 31 heavy (non-hydrogen) atoms. The predicted molar refractivity (Wildman–Crippen MR) is 121 cm³/mol. The van der Waals surface area contributed by atoms with Gasteiger partial charge in [0.05, 0.1) is 6.20 Å². The summed E-state index contributed by atoms with van der Waals surface area (Å²) in [6.45, 7) is 9.42. The van der Waals surface area contributed by atoms with Crippen LogP contribution in [0.15, 0.2) is 42.6 Å². The zero-order valence-corrected chi connectivity index (χ0v) is 18.3. The van der Waals surface area contributed by atoms with E-state index in [0.717, 1.165) is 18.8 Å². The van der Waals surface area contributed by atoms with E-state index in [4.69, 9.17) is 0 Å². The van der Waals surface area contributed by atoms with Gasteiger partial charge in [0.15, 0.2) is 5.65 Å². The van der Waals surface area contributed by atoms with Crippen molar-refractivity contribution < 1.29 is 9.59 Å². The van der Waals surface area contributed by atoms with E-state index in [2.05, 4.69) is 46.4 Å². The highest BCUT2D eigenvalue weighted by molar-refractivity contribution is 6.04. The maximum atomic E-state index is 12.8. The number of aromatic nitrogens is 3. The predicted octanol–water partition coefficient (Wildman–Crippen LogP) is 2.99. The van der Waals surface area contributed by atoms with Crippen LogP contribution < -0.4 is 15.5 Å². The minimum Gasteiger partial charge on any atom is -0.354 e. The van der Waals surface area contributed by atoms with E-state index >= 15 is 0 Å². The second-order valence-corrected chi connectivity index (χ2v) is 9.01. The molecule has 0 bridgehead atoms. The van der Waals surface area contributed by atoms with Crippen molar-refractivity contribution in [2.45, 2.75) is 45.6 Å². The standard InChI is InChI=1S/C23H28N6O2/c1-15(30)25-18-10-12-28(14-18)21-13-19(26-20-9-11-24-29(20)21)27-22(31)16-5-7-17(8-6-16)23(2,3)4/h5-9,11,13,18H,10,12,14H2,1-4H3,(H,25,30)(H,26,27,31). The van der Waals surface area contributed by atoms with Crippen molar-refractivity contribution in [3.8, 4) is 0 Å². The smallest absolute Gasteiger partial charge is 0.256 e. The van der Waals surface area contributed by atoms with Gasteiger partial charge in [0, 0.05) is 43.8 Å². The van der Waals surface area contributed by atoms with E-state index in [9.17, 15) is 9.59 Å². The van der Waals surface area contributed by atoms with Crippen molar-refractivity contribution in [2.75, 3.05) is 23.3 Å². The molecule has 1 aliphatic rings. The first-order valence-corrected chi connectivity index (χ1v) is 10.5. The molecule has 162 valence electrons. The lowest BCUT2D eigenvalue weighted by Crippen LogP contribution is -2.36. The van der Waals surface area contributed by atoms with Crippen molar-refractivity contribution >= 4 is 29.1 Å². The Bertz CT molecular complexity index is 1110. The van der Waals surface area contributed by atoms with Gasteiger partial charge in [0.1, 0.15) is 11.6 Å². The van der Waals surface area contributed by atoms with Crippen LogP contribution in [0, 0.1) is 0 Å². The Balaban J connectivity index is 1.56. The molecule has 3 heterocycles. The third kappa shape index (κ3) is 4.52. The maximum Gasteiger partial charge on any atom is 0.256 e. The maximum absolute atomic E-state index is 12.8. The Labute approximate surface area is 181 Å². The molecule has 0 saturated carbocycles. The van der Waals surface area contributed by atoms with E-state index in [1.807, 2.05) is 30.3 Å². The summed E-state index contributed by atoms with van der Waals surface area (Å²) in [6, 6.07) is 11.4. The number of nitrogens with one attached hydrogen (secondary N) is 2. The van der Waals surface area contributed by atoms with E-state index in [1.165, 1.54) is 12.5 Å². The first kappa shape index (κ1) is 20.8. The Morgan fingerprint density at radius 1 is 1.13 bits per heavy atom. The van der Waals surface area contributed by atoms with Gasteiger partial charge in [0.2, 0.25) is 5.91 Å². The van der Waals surface area contributed by atoms with Gasteiger partial charge in [0.25, 0.3) is 5.91 Å². The molecule has 0 aliphatic carbocycles. The molecular weight excluding hydrogens is 392 g/mol. The fourth-order valence-corrected chi connectivity index (χ4v) is 3.87. The number of carbonyl (C=O) groups is 2. The molecule has 8 nitrogen and oxygen atoms in total. The monoisotopic (exact) mass is 420 g/mol. The summed E-state index contributed by atoms with van der Waals surface area (Å²) in [5, 5.41) is 10.3. The first-order chi connectivity index (χ1) is 14.7. The number of benzene rings is 1. The number of hydrogen-bond donors (Lipinski definition) is 2. The van der Waals surface area contributed by atoms with Crippen molar-refractivity contribution in [2.24, 2.45) is 0 Å². The number of nitrogens with zero attached hydrogens (tertiary/aromatic N) is 4. The van der Waals surface area contributed by atoms with E-state index in [-0.39, 0.29) is 23.3 Å². The fraction of sp³-hybridized carbons (Fsp3) is 0.391. The van der Waals surface area contributed by atoms with Crippen LogP contribution in [0.2, 0.25) is 0 Å². The summed E-state index contributed by atoms with van der Waals surface area (Å²) in [6.07, 6.45) is 2.54. The zero-order valence-electron chi connectivity index (χ0n) is 18.3. The van der Waals surface area contributed by atoms with Gasteiger partial charge >= 0.3 is 0 Å². The number of hydrogen-bond acceptors (Lipinski definition) is 5. The highest BCUT2D eigenvalue weighted by Gasteiger charge is 2.26. The second kappa shape index (κ2) is 8.02. The highest BCUT2D eigenvalue weighted by Crippen LogP contribution is 2.25. The Kier molecular flexibility index (Phi) is 5.39. The van der Waals surface area contributed by atoms with Crippen molar-refractivity contribution in [1.29, 1.82) is 0 Å². The fourth-order valence-electron chi connectivity index (χ4n) is 3.87.